The number of benzene rings is 2. The van der Waals surface area contributed by atoms with Crippen molar-refractivity contribution in [2.45, 2.75) is 23.6 Å². The Hall–Kier alpha value is -1.20. The minimum atomic E-state index is -0.214. The Morgan fingerprint density at radius 3 is 2.21 bits per heavy atom. The molecule has 2 aromatic rings. The summed E-state index contributed by atoms with van der Waals surface area (Å²) in [5.74, 6) is -0.315. The van der Waals surface area contributed by atoms with Crippen LogP contribution in [0.25, 0.3) is 0 Å². The van der Waals surface area contributed by atoms with E-state index in [0.717, 1.165) is 20.9 Å². The molecule has 2 aliphatic heterocycles. The van der Waals surface area contributed by atoms with Crippen LogP contribution in [0.4, 0.5) is 0 Å². The Kier molecular flexibility index (Phi) is 3.84. The zero-order valence-electron chi connectivity index (χ0n) is 12.7. The number of halogens is 2. The lowest BCUT2D eigenvalue weighted by atomic mass is 10.0. The van der Waals surface area contributed by atoms with Crippen molar-refractivity contribution < 1.29 is 9.59 Å². The smallest absolute Gasteiger partial charge is 0.203 e. The number of carbonyl (C=O) groups is 2. The quantitative estimate of drug-likeness (QED) is 0.507. The lowest BCUT2D eigenvalue weighted by molar-refractivity contribution is 0.101. The van der Waals surface area contributed by atoms with Crippen molar-refractivity contribution in [3.63, 3.8) is 0 Å². The summed E-state index contributed by atoms with van der Waals surface area (Å²) in [6, 6.07) is 7.39. The second-order valence-electron chi connectivity index (χ2n) is 5.60. The van der Waals surface area contributed by atoms with Crippen molar-refractivity contribution in [1.82, 2.24) is 0 Å². The zero-order valence-corrected chi connectivity index (χ0v) is 15.8. The maximum absolute atomic E-state index is 12.9. The van der Waals surface area contributed by atoms with E-state index in [1.807, 2.05) is 32.0 Å². The second-order valence-corrected chi connectivity index (χ2v) is 8.43. The van der Waals surface area contributed by atoms with Gasteiger partial charge in [-0.15, -0.1) is 0 Å². The molecule has 0 aromatic heterocycles. The third-order valence-electron chi connectivity index (χ3n) is 4.27. The number of thioether (sulfide) groups is 2. The van der Waals surface area contributed by atoms with Crippen molar-refractivity contribution in [2.75, 3.05) is 0 Å². The van der Waals surface area contributed by atoms with Gasteiger partial charge in [-0.3, -0.25) is 9.59 Å². The van der Waals surface area contributed by atoms with Crippen LogP contribution in [0.5, 0.6) is 0 Å². The summed E-state index contributed by atoms with van der Waals surface area (Å²) in [6.45, 7) is 3.80. The first-order chi connectivity index (χ1) is 11.4. The average molecular weight is 393 g/mol. The summed E-state index contributed by atoms with van der Waals surface area (Å²) >= 11 is 15.3. The van der Waals surface area contributed by atoms with Crippen LogP contribution in [-0.2, 0) is 0 Å². The molecule has 4 rings (SSSR count). The molecular formula is C18H10Cl2O2S2. The van der Waals surface area contributed by atoms with E-state index >= 15 is 0 Å². The largest absolute Gasteiger partial charge is 0.288 e. The van der Waals surface area contributed by atoms with Gasteiger partial charge in [0.25, 0.3) is 0 Å². The molecule has 0 atom stereocenters. The third kappa shape index (κ3) is 2.14. The van der Waals surface area contributed by atoms with Crippen LogP contribution in [0, 0.1) is 13.8 Å². The first-order valence-electron chi connectivity index (χ1n) is 7.18. The molecule has 0 unspecified atom stereocenters. The Morgan fingerprint density at radius 2 is 1.50 bits per heavy atom. The van der Waals surface area contributed by atoms with Crippen LogP contribution in [0.1, 0.15) is 31.8 Å². The highest BCUT2D eigenvalue weighted by molar-refractivity contribution is 8.08. The van der Waals surface area contributed by atoms with Crippen molar-refractivity contribution in [3.05, 3.63) is 66.4 Å². The molecular weight excluding hydrogens is 383 g/mol. The Morgan fingerprint density at radius 1 is 0.833 bits per heavy atom. The molecule has 0 amide bonds. The Bertz CT molecular complexity index is 993. The summed E-state index contributed by atoms with van der Waals surface area (Å²) < 4.78 is 0. The Balaban J connectivity index is 1.90. The molecule has 0 N–H and O–H groups in total. The summed E-state index contributed by atoms with van der Waals surface area (Å²) in [7, 11) is 0. The first-order valence-corrected chi connectivity index (χ1v) is 9.57. The van der Waals surface area contributed by atoms with Crippen LogP contribution in [0.3, 0.4) is 0 Å². The maximum atomic E-state index is 12.9. The van der Waals surface area contributed by atoms with Gasteiger partial charge in [-0.25, -0.2) is 0 Å². The van der Waals surface area contributed by atoms with E-state index in [-0.39, 0.29) is 16.6 Å². The molecule has 2 aliphatic rings. The molecule has 0 saturated heterocycles. The molecule has 0 fully saturated rings. The topological polar surface area (TPSA) is 34.1 Å². The van der Waals surface area contributed by atoms with Crippen LogP contribution < -0.4 is 0 Å². The van der Waals surface area contributed by atoms with Gasteiger partial charge in [-0.05, 0) is 37.1 Å². The predicted octanol–water partition coefficient (Wildman–Crippen LogP) is 6.10. The standard InChI is InChI=1S/C18H10Cl2O2S2/c1-7-8(2)16-11(13(20)12(7)19)15(22)18(24-16)17-14(21)9-5-3-4-6-10(9)23-17/h3-6H,1-2H3. The zero-order chi connectivity index (χ0) is 17.2. The lowest BCUT2D eigenvalue weighted by Crippen LogP contribution is -2.03. The highest BCUT2D eigenvalue weighted by Gasteiger charge is 2.38. The summed E-state index contributed by atoms with van der Waals surface area (Å²) in [5.41, 5.74) is 2.86. The molecule has 6 heteroatoms. The number of fused-ring (bicyclic) bond motifs is 2. The Labute approximate surface area is 157 Å². The molecule has 0 aliphatic carbocycles. The third-order valence-corrected chi connectivity index (χ3v) is 7.82. The SMILES string of the molecule is Cc1c(C)c2c(c(Cl)c1Cl)C(=O)C(=C1Sc3ccccc3C1=O)S2. The maximum Gasteiger partial charge on any atom is 0.203 e. The van der Waals surface area contributed by atoms with Gasteiger partial charge in [0.05, 0.1) is 25.4 Å². The second kappa shape index (κ2) is 5.67. The van der Waals surface area contributed by atoms with Crippen molar-refractivity contribution in [2.24, 2.45) is 0 Å². The average Bonchev–Trinajstić information content (AvgIpc) is 3.09. The van der Waals surface area contributed by atoms with Gasteiger partial charge in [-0.2, -0.15) is 0 Å². The fraction of sp³-hybridized carbons (Fsp3) is 0.111. The van der Waals surface area contributed by atoms with Crippen molar-refractivity contribution >= 4 is 58.3 Å². The van der Waals surface area contributed by atoms with Gasteiger partial charge in [0.2, 0.25) is 11.6 Å². The number of ketones is 2. The number of hydrogen-bond acceptors (Lipinski definition) is 4. The van der Waals surface area contributed by atoms with E-state index in [1.54, 1.807) is 6.07 Å². The monoisotopic (exact) mass is 392 g/mol. The van der Waals surface area contributed by atoms with Gasteiger partial charge < -0.3 is 0 Å². The predicted molar refractivity (Wildman–Crippen MR) is 99.8 cm³/mol. The molecule has 24 heavy (non-hydrogen) atoms. The van der Waals surface area contributed by atoms with E-state index < -0.39 is 0 Å². The molecule has 2 aromatic carbocycles. The van der Waals surface area contributed by atoms with Gasteiger partial charge in [0.1, 0.15) is 0 Å². The highest BCUT2D eigenvalue weighted by Crippen LogP contribution is 2.53. The number of allylic oxidation sites excluding steroid dienone is 2. The van der Waals surface area contributed by atoms with Crippen LogP contribution in [0.2, 0.25) is 10.0 Å². The molecule has 0 radical (unpaired) electrons. The number of rotatable bonds is 0. The van der Waals surface area contributed by atoms with Gasteiger partial charge in [0.15, 0.2) is 0 Å². The van der Waals surface area contributed by atoms with E-state index in [2.05, 4.69) is 0 Å². The van der Waals surface area contributed by atoms with Gasteiger partial charge in [0, 0.05) is 15.4 Å². The van der Waals surface area contributed by atoms with Crippen LogP contribution >= 0.6 is 46.7 Å². The molecule has 0 bridgehead atoms. The van der Waals surface area contributed by atoms with E-state index in [1.165, 1.54) is 23.5 Å². The number of Topliss-reactive ketones (excluding diaryl/α,β-unsaturated/α-hetero) is 2. The van der Waals surface area contributed by atoms with E-state index in [4.69, 9.17) is 23.2 Å². The molecule has 0 spiro atoms. The van der Waals surface area contributed by atoms with Crippen molar-refractivity contribution in [1.29, 1.82) is 0 Å². The van der Waals surface area contributed by atoms with Crippen LogP contribution in [0.15, 0.2) is 43.9 Å². The molecule has 0 saturated carbocycles. The highest BCUT2D eigenvalue weighted by atomic mass is 35.5. The first kappa shape index (κ1) is 16.3. The van der Waals surface area contributed by atoms with Gasteiger partial charge in [-0.1, -0.05) is 58.9 Å². The molecule has 2 heterocycles. The number of carbonyl (C=O) groups excluding carboxylic acids is 2. The summed E-state index contributed by atoms with van der Waals surface area (Å²) in [6.07, 6.45) is 0. The van der Waals surface area contributed by atoms with Crippen molar-refractivity contribution in [3.8, 4) is 0 Å². The fourth-order valence-corrected chi connectivity index (χ4v) is 5.89. The van der Waals surface area contributed by atoms with Crippen LogP contribution in [-0.4, -0.2) is 11.6 Å². The van der Waals surface area contributed by atoms with E-state index in [0.29, 0.717) is 26.0 Å². The molecule has 2 nitrogen and oxygen atoms in total. The molecule has 120 valence electrons. The number of hydrogen-bond donors (Lipinski definition) is 0. The van der Waals surface area contributed by atoms with E-state index in [9.17, 15) is 9.59 Å². The fourth-order valence-electron chi connectivity index (χ4n) is 2.81. The normalized spacial score (nSPS) is 19.0. The lowest BCUT2D eigenvalue weighted by Gasteiger charge is -2.10. The summed E-state index contributed by atoms with van der Waals surface area (Å²) in [5, 5.41) is 0.678. The summed E-state index contributed by atoms with van der Waals surface area (Å²) in [4.78, 5) is 28.2. The minimum Gasteiger partial charge on any atom is -0.288 e. The van der Waals surface area contributed by atoms with Gasteiger partial charge >= 0.3 is 0 Å². The minimum absolute atomic E-state index is 0.101.